The van der Waals surface area contributed by atoms with Crippen LogP contribution in [0.3, 0.4) is 0 Å². The predicted molar refractivity (Wildman–Crippen MR) is 156 cm³/mol. The van der Waals surface area contributed by atoms with Crippen LogP contribution in [0.4, 0.5) is 18.9 Å². The molecule has 0 radical (unpaired) electrons. The zero-order valence-corrected chi connectivity index (χ0v) is 24.1. The molecule has 0 unspecified atom stereocenters. The fourth-order valence-corrected chi connectivity index (χ4v) is 5.30. The molecule has 7 nitrogen and oxygen atoms in total. The number of alkyl halides is 3. The molecule has 40 heavy (non-hydrogen) atoms. The van der Waals surface area contributed by atoms with Crippen LogP contribution in [0.15, 0.2) is 66.9 Å². The summed E-state index contributed by atoms with van der Waals surface area (Å²) in [6.07, 6.45) is -2.13. The summed E-state index contributed by atoms with van der Waals surface area (Å²) in [7, 11) is 0. The van der Waals surface area contributed by atoms with Crippen LogP contribution in [0.2, 0.25) is 0 Å². The van der Waals surface area contributed by atoms with Crippen molar-refractivity contribution >= 4 is 39.8 Å². The molecule has 3 heterocycles. The number of pyridine rings is 1. The molecule has 1 saturated heterocycles. The number of rotatable bonds is 8. The Kier molecular flexibility index (Phi) is 8.50. The number of carbonyl (C=O) groups is 1. The van der Waals surface area contributed by atoms with Gasteiger partial charge < -0.3 is 15.0 Å². The van der Waals surface area contributed by atoms with Crippen molar-refractivity contribution in [2.24, 2.45) is 0 Å². The molecule has 2 aromatic heterocycles. The second-order valence-corrected chi connectivity index (χ2v) is 10.9. The van der Waals surface area contributed by atoms with Gasteiger partial charge >= 0.3 is 6.36 Å². The van der Waals surface area contributed by atoms with E-state index in [-0.39, 0.29) is 11.7 Å². The van der Waals surface area contributed by atoms with Crippen LogP contribution in [0.25, 0.3) is 5.65 Å². The van der Waals surface area contributed by atoms with E-state index in [1.165, 1.54) is 12.1 Å². The van der Waals surface area contributed by atoms with Crippen molar-refractivity contribution in [3.63, 3.8) is 0 Å². The van der Waals surface area contributed by atoms with Gasteiger partial charge in [-0.3, -0.25) is 14.1 Å². The monoisotopic (exact) mass is 663 g/mol. The first-order valence-electron chi connectivity index (χ1n) is 13.0. The van der Waals surface area contributed by atoms with Gasteiger partial charge in [-0.2, -0.15) is 0 Å². The predicted octanol–water partition coefficient (Wildman–Crippen LogP) is 5.65. The molecule has 1 N–H and O–H groups in total. The average molecular weight is 663 g/mol. The highest BCUT2D eigenvalue weighted by molar-refractivity contribution is 14.1. The number of piperazine rings is 1. The van der Waals surface area contributed by atoms with Crippen molar-refractivity contribution in [3.05, 3.63) is 92.9 Å². The third kappa shape index (κ3) is 6.87. The number of fused-ring (bicyclic) bond motifs is 1. The SMILES string of the molecule is CCc1nc2cc(I)ccn2c1C(=O)NCc1ccc(N2CCN(Cc3ccc(OC(F)(F)F)cc3)CC2)cc1. The smallest absolute Gasteiger partial charge is 0.406 e. The molecule has 2 aromatic carbocycles. The van der Waals surface area contributed by atoms with Crippen LogP contribution in [-0.4, -0.2) is 52.7 Å². The lowest BCUT2D eigenvalue weighted by atomic mass is 10.1. The molecule has 1 amide bonds. The first kappa shape index (κ1) is 28.2. The van der Waals surface area contributed by atoms with Gasteiger partial charge in [-0.15, -0.1) is 13.2 Å². The number of imidazole rings is 1. The number of aromatic nitrogens is 2. The number of nitrogens with one attached hydrogen (secondary N) is 1. The number of aryl methyl sites for hydroxylation is 1. The number of ether oxygens (including phenoxy) is 1. The van der Waals surface area contributed by atoms with Gasteiger partial charge in [0.25, 0.3) is 5.91 Å². The summed E-state index contributed by atoms with van der Waals surface area (Å²) < 4.78 is 44.0. The molecule has 0 aliphatic carbocycles. The van der Waals surface area contributed by atoms with E-state index in [9.17, 15) is 18.0 Å². The number of hydrogen-bond donors (Lipinski definition) is 1. The third-order valence-electron chi connectivity index (χ3n) is 6.90. The van der Waals surface area contributed by atoms with Crippen LogP contribution < -0.4 is 15.0 Å². The van der Waals surface area contributed by atoms with Gasteiger partial charge in [0.15, 0.2) is 0 Å². The molecular weight excluding hydrogens is 634 g/mol. The second kappa shape index (κ2) is 12.0. The number of nitrogens with zero attached hydrogens (tertiary/aromatic N) is 4. The molecule has 0 atom stereocenters. The van der Waals surface area contributed by atoms with E-state index in [0.717, 1.165) is 57.9 Å². The highest BCUT2D eigenvalue weighted by Crippen LogP contribution is 2.24. The van der Waals surface area contributed by atoms with Crippen LogP contribution in [0.1, 0.15) is 34.2 Å². The summed E-state index contributed by atoms with van der Waals surface area (Å²) >= 11 is 2.24. The second-order valence-electron chi connectivity index (χ2n) is 9.64. The van der Waals surface area contributed by atoms with Crippen LogP contribution in [0, 0.1) is 3.57 Å². The summed E-state index contributed by atoms with van der Waals surface area (Å²) in [5, 5.41) is 3.04. The van der Waals surface area contributed by atoms with E-state index >= 15 is 0 Å². The van der Waals surface area contributed by atoms with Gasteiger partial charge in [0.1, 0.15) is 17.1 Å². The lowest BCUT2D eigenvalue weighted by Gasteiger charge is -2.36. The number of anilines is 1. The summed E-state index contributed by atoms with van der Waals surface area (Å²) in [6, 6.07) is 18.2. The highest BCUT2D eigenvalue weighted by atomic mass is 127. The fraction of sp³-hybridized carbons (Fsp3) is 0.310. The molecule has 11 heteroatoms. The highest BCUT2D eigenvalue weighted by Gasteiger charge is 2.31. The van der Waals surface area contributed by atoms with Crippen LogP contribution >= 0.6 is 22.6 Å². The molecule has 1 aliphatic rings. The Morgan fingerprint density at radius 3 is 2.33 bits per heavy atom. The van der Waals surface area contributed by atoms with Crippen LogP contribution in [-0.2, 0) is 19.5 Å². The minimum absolute atomic E-state index is 0.145. The van der Waals surface area contributed by atoms with Crippen molar-refractivity contribution in [1.29, 1.82) is 0 Å². The van der Waals surface area contributed by atoms with E-state index < -0.39 is 6.36 Å². The quantitative estimate of drug-likeness (QED) is 0.247. The molecule has 1 aliphatic heterocycles. The Bertz CT molecular complexity index is 1460. The Labute approximate surface area is 244 Å². The number of halogens is 4. The molecule has 1 fully saturated rings. The Morgan fingerprint density at radius 1 is 1.00 bits per heavy atom. The van der Waals surface area contributed by atoms with Crippen molar-refractivity contribution in [3.8, 4) is 5.75 Å². The molecule has 4 aromatic rings. The Morgan fingerprint density at radius 2 is 1.68 bits per heavy atom. The average Bonchev–Trinajstić information content (AvgIpc) is 3.30. The lowest BCUT2D eigenvalue weighted by molar-refractivity contribution is -0.274. The molecular formula is C29H29F3IN5O2. The van der Waals surface area contributed by atoms with Gasteiger partial charge in [-0.05, 0) is 76.5 Å². The van der Waals surface area contributed by atoms with Crippen molar-refractivity contribution < 1.29 is 22.7 Å². The number of benzene rings is 2. The molecule has 0 bridgehead atoms. The third-order valence-corrected chi connectivity index (χ3v) is 7.57. The fourth-order valence-electron chi connectivity index (χ4n) is 4.87. The minimum atomic E-state index is -4.68. The first-order chi connectivity index (χ1) is 19.2. The maximum Gasteiger partial charge on any atom is 0.573 e. The van der Waals surface area contributed by atoms with E-state index in [0.29, 0.717) is 25.2 Å². The molecule has 5 rings (SSSR count). The Hall–Kier alpha value is -3.32. The molecule has 0 spiro atoms. The standard InChI is InChI=1S/C29H29F3IN5O2/c1-2-25-27(38-12-11-22(33)17-26(38)35-25)28(39)34-18-20-3-7-23(8-4-20)37-15-13-36(14-16-37)19-21-5-9-24(10-6-21)40-29(30,31)32/h3-12,17H,2,13-16,18-19H2,1H3,(H,34,39). The minimum Gasteiger partial charge on any atom is -0.406 e. The summed E-state index contributed by atoms with van der Waals surface area (Å²) in [5.74, 6) is -0.353. The first-order valence-corrected chi connectivity index (χ1v) is 14.1. The maximum atomic E-state index is 13.1. The topological polar surface area (TPSA) is 62.1 Å². The van der Waals surface area contributed by atoms with E-state index in [2.05, 4.69) is 59.6 Å². The van der Waals surface area contributed by atoms with Crippen molar-refractivity contribution in [2.75, 3.05) is 31.1 Å². The zero-order chi connectivity index (χ0) is 28.3. The van der Waals surface area contributed by atoms with Gasteiger partial charge in [-0.1, -0.05) is 31.2 Å². The molecule has 0 saturated carbocycles. The summed E-state index contributed by atoms with van der Waals surface area (Å²) in [4.78, 5) is 22.3. The van der Waals surface area contributed by atoms with E-state index in [1.807, 2.05) is 41.8 Å². The Balaban J connectivity index is 1.12. The lowest BCUT2D eigenvalue weighted by Crippen LogP contribution is -2.45. The van der Waals surface area contributed by atoms with E-state index in [4.69, 9.17) is 0 Å². The number of hydrogen-bond acceptors (Lipinski definition) is 5. The largest absolute Gasteiger partial charge is 0.573 e. The van der Waals surface area contributed by atoms with Gasteiger partial charge in [0.05, 0.1) is 5.69 Å². The molecule has 210 valence electrons. The van der Waals surface area contributed by atoms with Crippen molar-refractivity contribution in [2.45, 2.75) is 32.8 Å². The van der Waals surface area contributed by atoms with Gasteiger partial charge in [0.2, 0.25) is 0 Å². The van der Waals surface area contributed by atoms with Gasteiger partial charge in [0, 0.05) is 54.7 Å². The number of carbonyl (C=O) groups excluding carboxylic acids is 1. The zero-order valence-electron chi connectivity index (χ0n) is 21.9. The summed E-state index contributed by atoms with van der Waals surface area (Å²) in [5.41, 5.74) is 5.20. The van der Waals surface area contributed by atoms with Gasteiger partial charge in [-0.25, -0.2) is 4.98 Å². The van der Waals surface area contributed by atoms with Crippen molar-refractivity contribution in [1.82, 2.24) is 19.6 Å². The normalized spacial score (nSPS) is 14.5. The van der Waals surface area contributed by atoms with E-state index in [1.54, 1.807) is 12.1 Å². The van der Waals surface area contributed by atoms with Crippen LogP contribution in [0.5, 0.6) is 5.75 Å². The summed E-state index contributed by atoms with van der Waals surface area (Å²) in [6.45, 7) is 6.46. The maximum absolute atomic E-state index is 13.1. The number of amides is 1.